The molecule has 1 unspecified atom stereocenters. The Bertz CT molecular complexity index is 1030. The standard InChI is InChI=1S/C20H19N3O2S2/c1-12-5-3-8-16-18(12)21-20(27-16)22-19(25)13-9-17(24)23(11-13)14-6-4-7-15(10-14)26-2/h3-8,10,13H,9,11H2,1-2H3,(H,21,22,25). The van der Waals surface area contributed by atoms with Gasteiger partial charge in [0.1, 0.15) is 0 Å². The number of thiazole rings is 1. The number of carbonyl (C=O) groups excluding carboxylic acids is 2. The van der Waals surface area contributed by atoms with Crippen LogP contribution in [0.4, 0.5) is 10.8 Å². The number of aromatic nitrogens is 1. The number of para-hydroxylation sites is 1. The fourth-order valence-electron chi connectivity index (χ4n) is 3.26. The average molecular weight is 398 g/mol. The molecular weight excluding hydrogens is 378 g/mol. The first-order valence-electron chi connectivity index (χ1n) is 8.66. The highest BCUT2D eigenvalue weighted by atomic mass is 32.2. The summed E-state index contributed by atoms with van der Waals surface area (Å²) in [5.74, 6) is -0.541. The van der Waals surface area contributed by atoms with Gasteiger partial charge in [-0.25, -0.2) is 4.98 Å². The molecule has 1 fully saturated rings. The molecule has 0 radical (unpaired) electrons. The lowest BCUT2D eigenvalue weighted by Crippen LogP contribution is -2.28. The van der Waals surface area contributed by atoms with E-state index in [0.29, 0.717) is 11.7 Å². The lowest BCUT2D eigenvalue weighted by molar-refractivity contribution is -0.122. The predicted octanol–water partition coefficient (Wildman–Crippen LogP) is 4.32. The van der Waals surface area contributed by atoms with E-state index in [9.17, 15) is 9.59 Å². The molecule has 3 aromatic rings. The van der Waals surface area contributed by atoms with Gasteiger partial charge in [0.15, 0.2) is 5.13 Å². The summed E-state index contributed by atoms with van der Waals surface area (Å²) in [4.78, 5) is 32.5. The van der Waals surface area contributed by atoms with E-state index in [1.54, 1.807) is 16.7 Å². The minimum absolute atomic E-state index is 0.0199. The van der Waals surface area contributed by atoms with Gasteiger partial charge in [0.05, 0.1) is 16.1 Å². The third-order valence-electron chi connectivity index (χ3n) is 4.71. The first-order chi connectivity index (χ1) is 13.0. The van der Waals surface area contributed by atoms with Crippen LogP contribution in [0, 0.1) is 12.8 Å². The van der Waals surface area contributed by atoms with Crippen LogP contribution in [0.1, 0.15) is 12.0 Å². The van der Waals surface area contributed by atoms with Crippen LogP contribution in [0.3, 0.4) is 0 Å². The zero-order chi connectivity index (χ0) is 19.0. The Balaban J connectivity index is 1.49. The van der Waals surface area contributed by atoms with Gasteiger partial charge in [0, 0.05) is 23.5 Å². The van der Waals surface area contributed by atoms with Crippen LogP contribution < -0.4 is 10.2 Å². The molecule has 2 amide bonds. The molecule has 1 N–H and O–H groups in total. The number of nitrogens with one attached hydrogen (secondary N) is 1. The first-order valence-corrected chi connectivity index (χ1v) is 10.7. The minimum atomic E-state index is -0.372. The summed E-state index contributed by atoms with van der Waals surface area (Å²) in [5.41, 5.74) is 2.84. The Hall–Kier alpha value is -2.38. The molecule has 27 heavy (non-hydrogen) atoms. The summed E-state index contributed by atoms with van der Waals surface area (Å²) in [7, 11) is 0. The quantitative estimate of drug-likeness (QED) is 0.666. The Morgan fingerprint density at radius 1 is 1.30 bits per heavy atom. The Kier molecular flexibility index (Phi) is 4.88. The first kappa shape index (κ1) is 18.0. The molecule has 1 aliphatic rings. The van der Waals surface area contributed by atoms with E-state index in [-0.39, 0.29) is 24.2 Å². The monoisotopic (exact) mass is 397 g/mol. The fraction of sp³-hybridized carbons (Fsp3) is 0.250. The maximum atomic E-state index is 12.7. The normalized spacial score (nSPS) is 16.9. The third kappa shape index (κ3) is 3.57. The number of anilines is 2. The van der Waals surface area contributed by atoms with Crippen molar-refractivity contribution in [3.05, 3.63) is 48.0 Å². The van der Waals surface area contributed by atoms with E-state index in [1.807, 2.05) is 55.6 Å². The van der Waals surface area contributed by atoms with Crippen molar-refractivity contribution >= 4 is 55.9 Å². The molecule has 0 saturated carbocycles. The number of rotatable bonds is 4. The maximum Gasteiger partial charge on any atom is 0.231 e. The number of hydrogen-bond donors (Lipinski definition) is 1. The SMILES string of the molecule is CSc1cccc(N2CC(C(=O)Nc3nc4c(C)cccc4s3)CC2=O)c1. The molecule has 2 heterocycles. The highest BCUT2D eigenvalue weighted by molar-refractivity contribution is 7.98. The van der Waals surface area contributed by atoms with Crippen molar-refractivity contribution in [2.45, 2.75) is 18.2 Å². The third-order valence-corrected chi connectivity index (χ3v) is 6.37. The van der Waals surface area contributed by atoms with Gasteiger partial charge >= 0.3 is 0 Å². The summed E-state index contributed by atoms with van der Waals surface area (Å²) in [6.45, 7) is 2.40. The molecule has 0 aliphatic carbocycles. The van der Waals surface area contributed by atoms with E-state index in [4.69, 9.17) is 0 Å². The lowest BCUT2D eigenvalue weighted by Gasteiger charge is -2.17. The minimum Gasteiger partial charge on any atom is -0.312 e. The Morgan fingerprint density at radius 2 is 2.11 bits per heavy atom. The topological polar surface area (TPSA) is 62.3 Å². The second-order valence-corrected chi connectivity index (χ2v) is 8.45. The van der Waals surface area contributed by atoms with E-state index < -0.39 is 0 Å². The smallest absolute Gasteiger partial charge is 0.231 e. The van der Waals surface area contributed by atoms with Crippen LogP contribution in [0.25, 0.3) is 10.2 Å². The Labute approximate surface area is 165 Å². The van der Waals surface area contributed by atoms with Crippen molar-refractivity contribution in [2.75, 3.05) is 23.0 Å². The molecular formula is C20H19N3O2S2. The van der Waals surface area contributed by atoms with Gasteiger partial charge in [-0.3, -0.25) is 9.59 Å². The van der Waals surface area contributed by atoms with Crippen molar-refractivity contribution in [3.8, 4) is 0 Å². The van der Waals surface area contributed by atoms with E-state index in [1.165, 1.54) is 11.3 Å². The van der Waals surface area contributed by atoms with Crippen LogP contribution in [0.5, 0.6) is 0 Å². The molecule has 0 bridgehead atoms. The summed E-state index contributed by atoms with van der Waals surface area (Å²) in [6, 6.07) is 13.8. The van der Waals surface area contributed by atoms with Gasteiger partial charge in [-0.2, -0.15) is 0 Å². The molecule has 1 atom stereocenters. The summed E-state index contributed by atoms with van der Waals surface area (Å²) >= 11 is 3.09. The number of aryl methyl sites for hydroxylation is 1. The molecule has 7 heteroatoms. The van der Waals surface area contributed by atoms with Gasteiger partial charge in [-0.15, -0.1) is 11.8 Å². The maximum absolute atomic E-state index is 12.7. The number of nitrogens with zero attached hydrogens (tertiary/aromatic N) is 2. The van der Waals surface area contributed by atoms with Crippen molar-refractivity contribution in [1.29, 1.82) is 0 Å². The summed E-state index contributed by atoms with van der Waals surface area (Å²) < 4.78 is 1.04. The molecule has 5 nitrogen and oxygen atoms in total. The van der Waals surface area contributed by atoms with Gasteiger partial charge in [-0.1, -0.05) is 29.5 Å². The zero-order valence-electron chi connectivity index (χ0n) is 15.1. The van der Waals surface area contributed by atoms with Crippen LogP contribution in [-0.2, 0) is 9.59 Å². The zero-order valence-corrected chi connectivity index (χ0v) is 16.7. The van der Waals surface area contributed by atoms with Gasteiger partial charge in [0.2, 0.25) is 11.8 Å². The second kappa shape index (κ2) is 7.32. The highest BCUT2D eigenvalue weighted by Crippen LogP contribution is 2.31. The van der Waals surface area contributed by atoms with E-state index in [0.717, 1.165) is 26.4 Å². The number of hydrogen-bond acceptors (Lipinski definition) is 5. The van der Waals surface area contributed by atoms with Gasteiger partial charge in [0.25, 0.3) is 0 Å². The molecule has 2 aromatic carbocycles. The van der Waals surface area contributed by atoms with Crippen LogP contribution >= 0.6 is 23.1 Å². The van der Waals surface area contributed by atoms with Crippen molar-refractivity contribution in [3.63, 3.8) is 0 Å². The largest absolute Gasteiger partial charge is 0.312 e. The van der Waals surface area contributed by atoms with Crippen LogP contribution in [-0.4, -0.2) is 29.6 Å². The van der Waals surface area contributed by atoms with Crippen LogP contribution in [0.2, 0.25) is 0 Å². The van der Waals surface area contributed by atoms with Gasteiger partial charge < -0.3 is 10.2 Å². The molecule has 4 rings (SSSR count). The number of thioether (sulfide) groups is 1. The second-order valence-electron chi connectivity index (χ2n) is 6.54. The molecule has 1 aromatic heterocycles. The van der Waals surface area contributed by atoms with Crippen molar-refractivity contribution < 1.29 is 9.59 Å². The molecule has 1 aliphatic heterocycles. The fourth-order valence-corrected chi connectivity index (χ4v) is 4.66. The van der Waals surface area contributed by atoms with E-state index in [2.05, 4.69) is 10.3 Å². The van der Waals surface area contributed by atoms with Crippen LogP contribution in [0.15, 0.2) is 47.4 Å². The number of amides is 2. The number of benzene rings is 2. The summed E-state index contributed by atoms with van der Waals surface area (Å²) in [6.07, 6.45) is 2.22. The summed E-state index contributed by atoms with van der Waals surface area (Å²) in [5, 5.41) is 3.48. The van der Waals surface area contributed by atoms with Crippen molar-refractivity contribution in [1.82, 2.24) is 4.98 Å². The van der Waals surface area contributed by atoms with E-state index >= 15 is 0 Å². The molecule has 138 valence electrons. The van der Waals surface area contributed by atoms with Crippen molar-refractivity contribution in [2.24, 2.45) is 5.92 Å². The molecule has 1 saturated heterocycles. The number of fused-ring (bicyclic) bond motifs is 1. The average Bonchev–Trinajstić information content (AvgIpc) is 3.26. The Morgan fingerprint density at radius 3 is 2.89 bits per heavy atom. The number of carbonyl (C=O) groups is 2. The molecule has 0 spiro atoms. The predicted molar refractivity (Wildman–Crippen MR) is 112 cm³/mol. The van der Waals surface area contributed by atoms with Gasteiger partial charge in [-0.05, 0) is 43.0 Å². The highest BCUT2D eigenvalue weighted by Gasteiger charge is 2.35. The lowest BCUT2D eigenvalue weighted by atomic mass is 10.1.